The molecule has 0 amide bonds. The molecule has 188 valence electrons. The zero-order valence-electron chi connectivity index (χ0n) is 21.7. The number of aryl methyl sites for hydroxylation is 2. The quantitative estimate of drug-likeness (QED) is 0.368. The van der Waals surface area contributed by atoms with Crippen molar-refractivity contribution in [2.75, 3.05) is 18.0 Å². The summed E-state index contributed by atoms with van der Waals surface area (Å²) in [5, 5.41) is 3.23. The van der Waals surface area contributed by atoms with Gasteiger partial charge < -0.3 is 9.32 Å². The highest BCUT2D eigenvalue weighted by atomic mass is 32.1. The van der Waals surface area contributed by atoms with E-state index in [0.29, 0.717) is 6.26 Å². The van der Waals surface area contributed by atoms with Crippen molar-refractivity contribution < 1.29 is 17.6 Å². The number of hydrogen-bond donors (Lipinski definition) is 0. The van der Waals surface area contributed by atoms with Gasteiger partial charge in [0.05, 0.1) is 10.7 Å². The number of anilines is 1. The Morgan fingerprint density at radius 1 is 0.879 bits per heavy atom. The smallest absolute Gasteiger partial charge is 0.436 e. The molecule has 0 saturated carbocycles. The zero-order valence-corrected chi connectivity index (χ0v) is 22.5. The van der Waals surface area contributed by atoms with Crippen LogP contribution in [0.1, 0.15) is 72.0 Å². The van der Waals surface area contributed by atoms with Gasteiger partial charge >= 0.3 is 6.18 Å². The van der Waals surface area contributed by atoms with Crippen molar-refractivity contribution in [2.24, 2.45) is 0 Å². The molecule has 0 atom stereocenters. The van der Waals surface area contributed by atoms with Crippen molar-refractivity contribution in [1.82, 2.24) is 9.97 Å². The summed E-state index contributed by atoms with van der Waals surface area (Å²) in [4.78, 5) is 9.93. The monoisotopic (exact) mass is 487 g/mol. The van der Waals surface area contributed by atoms with Gasteiger partial charge in [0.15, 0.2) is 11.6 Å². The van der Waals surface area contributed by atoms with Gasteiger partial charge in [0, 0.05) is 36.6 Å². The molecule has 3 rings (SSSR count). The lowest BCUT2D eigenvalue weighted by atomic mass is 10.1. The van der Waals surface area contributed by atoms with Gasteiger partial charge in [-0.25, -0.2) is 9.97 Å². The molecule has 0 saturated heterocycles. The van der Waals surface area contributed by atoms with E-state index in [9.17, 15) is 13.2 Å². The first-order valence-corrected chi connectivity index (χ1v) is 12.4. The van der Waals surface area contributed by atoms with Gasteiger partial charge in [0.25, 0.3) is 0 Å². The molecule has 33 heavy (non-hydrogen) atoms. The van der Waals surface area contributed by atoms with Crippen LogP contribution >= 0.6 is 11.3 Å². The number of rotatable bonds is 4. The lowest BCUT2D eigenvalue weighted by Gasteiger charge is -2.20. The number of nitrogens with zero attached hydrogens (tertiary/aromatic N) is 3. The fourth-order valence-electron chi connectivity index (χ4n) is 2.42. The first-order chi connectivity index (χ1) is 15.7. The molecule has 0 aliphatic rings. The molecular formula is C25H40F3N3OS. The summed E-state index contributed by atoms with van der Waals surface area (Å²) in [5.41, 5.74) is 2.58. The van der Waals surface area contributed by atoms with E-state index in [1.165, 1.54) is 18.2 Å². The maximum absolute atomic E-state index is 11.7. The standard InChI is InChI=1S/C14H18N2S.C5H4F3NO.3C2H6/c1-4-16(5-2)13-8-6-12(7-9-13)14-10-17-11(3)15-14;1-3-9-4(2-10-3)5(6,7)8;3*1-2/h6-10H,4-5H2,1-3H3;2H,1H3;3*1-2H3. The Morgan fingerprint density at radius 2 is 1.39 bits per heavy atom. The van der Waals surface area contributed by atoms with E-state index in [0.717, 1.165) is 23.8 Å². The molecule has 0 bridgehead atoms. The lowest BCUT2D eigenvalue weighted by molar-refractivity contribution is -0.141. The fourth-order valence-corrected chi connectivity index (χ4v) is 3.04. The van der Waals surface area contributed by atoms with Gasteiger partial charge in [0.1, 0.15) is 6.26 Å². The average Bonchev–Trinajstić information content (AvgIpc) is 3.48. The first-order valence-electron chi connectivity index (χ1n) is 11.5. The van der Waals surface area contributed by atoms with Crippen LogP contribution in [0.3, 0.4) is 0 Å². The van der Waals surface area contributed by atoms with Gasteiger partial charge in [-0.1, -0.05) is 53.7 Å². The van der Waals surface area contributed by atoms with Crippen molar-refractivity contribution in [1.29, 1.82) is 0 Å². The van der Waals surface area contributed by atoms with Crippen molar-refractivity contribution in [3.63, 3.8) is 0 Å². The Balaban J connectivity index is 0. The van der Waals surface area contributed by atoms with E-state index >= 15 is 0 Å². The van der Waals surface area contributed by atoms with Crippen LogP contribution in [0.5, 0.6) is 0 Å². The first kappa shape index (κ1) is 32.8. The molecule has 8 heteroatoms. The maximum Gasteiger partial charge on any atom is 0.436 e. The van der Waals surface area contributed by atoms with Crippen molar-refractivity contribution in [3.8, 4) is 11.3 Å². The zero-order chi connectivity index (χ0) is 26.0. The Bertz CT molecular complexity index is 839. The largest absolute Gasteiger partial charge is 0.449 e. The highest BCUT2D eigenvalue weighted by Crippen LogP contribution is 2.28. The Morgan fingerprint density at radius 3 is 1.70 bits per heavy atom. The van der Waals surface area contributed by atoms with E-state index in [1.54, 1.807) is 11.3 Å². The lowest BCUT2D eigenvalue weighted by Crippen LogP contribution is -2.21. The van der Waals surface area contributed by atoms with E-state index in [-0.39, 0.29) is 5.89 Å². The summed E-state index contributed by atoms with van der Waals surface area (Å²) in [6, 6.07) is 8.66. The van der Waals surface area contributed by atoms with Gasteiger partial charge in [-0.3, -0.25) is 0 Å². The van der Waals surface area contributed by atoms with E-state index in [4.69, 9.17) is 0 Å². The van der Waals surface area contributed by atoms with E-state index in [1.807, 2.05) is 48.5 Å². The third-order valence-corrected chi connectivity index (χ3v) is 4.59. The third-order valence-electron chi connectivity index (χ3n) is 3.82. The molecule has 0 spiro atoms. The van der Waals surface area contributed by atoms with Crippen molar-refractivity contribution in [2.45, 2.75) is 75.4 Å². The topological polar surface area (TPSA) is 42.2 Å². The minimum absolute atomic E-state index is 0.0207. The number of alkyl halides is 3. The van der Waals surface area contributed by atoms with E-state index < -0.39 is 11.9 Å². The van der Waals surface area contributed by atoms with Crippen LogP contribution in [-0.2, 0) is 6.18 Å². The highest BCUT2D eigenvalue weighted by Gasteiger charge is 2.34. The predicted octanol–water partition coefficient (Wildman–Crippen LogP) is 9.05. The minimum Gasteiger partial charge on any atom is -0.449 e. The summed E-state index contributed by atoms with van der Waals surface area (Å²) < 4.78 is 39.4. The predicted molar refractivity (Wildman–Crippen MR) is 136 cm³/mol. The van der Waals surface area contributed by atoms with Crippen molar-refractivity contribution in [3.05, 3.63) is 52.5 Å². The second kappa shape index (κ2) is 18.1. The number of hydrogen-bond acceptors (Lipinski definition) is 5. The fraction of sp³-hybridized carbons (Fsp3) is 0.520. The van der Waals surface area contributed by atoms with Crippen molar-refractivity contribution >= 4 is 17.0 Å². The molecule has 0 aliphatic carbocycles. The minimum atomic E-state index is -4.39. The van der Waals surface area contributed by atoms with E-state index in [2.05, 4.69) is 62.8 Å². The summed E-state index contributed by atoms with van der Waals surface area (Å²) >= 11 is 1.70. The van der Waals surface area contributed by atoms with Crippen LogP contribution in [0.15, 0.2) is 40.3 Å². The molecule has 0 N–H and O–H groups in total. The van der Waals surface area contributed by atoms with Crippen LogP contribution in [-0.4, -0.2) is 23.1 Å². The number of oxazole rings is 1. The Labute approximate surface area is 201 Å². The van der Waals surface area contributed by atoms with Crippen LogP contribution < -0.4 is 4.90 Å². The summed E-state index contributed by atoms with van der Waals surface area (Å²) in [5.74, 6) is 0.0207. The van der Waals surface area contributed by atoms with Gasteiger partial charge in [0.2, 0.25) is 0 Å². The van der Waals surface area contributed by atoms with Gasteiger partial charge in [-0.2, -0.15) is 13.2 Å². The molecule has 0 unspecified atom stereocenters. The molecule has 1 aromatic carbocycles. The number of thiazole rings is 1. The molecule has 0 aliphatic heterocycles. The van der Waals surface area contributed by atoms with Gasteiger partial charge in [-0.05, 0) is 32.9 Å². The average molecular weight is 488 g/mol. The number of benzene rings is 1. The van der Waals surface area contributed by atoms with Gasteiger partial charge in [-0.15, -0.1) is 11.3 Å². The maximum atomic E-state index is 11.7. The van der Waals surface area contributed by atoms with Crippen LogP contribution in [0.2, 0.25) is 0 Å². The van der Waals surface area contributed by atoms with Crippen LogP contribution in [0, 0.1) is 13.8 Å². The molecule has 3 aromatic rings. The van der Waals surface area contributed by atoms with Crippen LogP contribution in [0.25, 0.3) is 11.3 Å². The SMILES string of the molecule is CC.CC.CC.CCN(CC)c1ccc(-c2csc(C)n2)cc1.Cc1nc(C(F)(F)F)co1. The molecule has 4 nitrogen and oxygen atoms in total. The second-order valence-electron chi connectivity index (χ2n) is 5.72. The molecule has 2 heterocycles. The summed E-state index contributed by atoms with van der Waals surface area (Å²) in [6.07, 6.45) is -3.80. The normalized spacial score (nSPS) is 9.61. The third kappa shape index (κ3) is 11.9. The Kier molecular flexibility index (Phi) is 18.0. The number of halogens is 3. The molecule has 0 radical (unpaired) electrons. The number of aromatic nitrogens is 2. The highest BCUT2D eigenvalue weighted by molar-refractivity contribution is 7.09. The molecule has 0 fully saturated rings. The van der Waals surface area contributed by atoms with Crippen LogP contribution in [0.4, 0.5) is 18.9 Å². The molecular weight excluding hydrogens is 447 g/mol. The summed E-state index contributed by atoms with van der Waals surface area (Å²) in [7, 11) is 0. The summed E-state index contributed by atoms with van der Waals surface area (Å²) in [6.45, 7) is 21.9. The Hall–Kier alpha value is -2.35. The second-order valence-corrected chi connectivity index (χ2v) is 6.78. The molecule has 2 aromatic heterocycles.